The SMILES string of the molecule is CCCC(NC(=O)/C(C#N)=C/c1cccc(Br)n1)c1ccc(OCC(OCC)OCC)cc1. The molecule has 1 unspecified atom stereocenters. The predicted octanol–water partition coefficient (Wildman–Crippen LogP) is 5.19. The van der Waals surface area contributed by atoms with Gasteiger partial charge in [-0.2, -0.15) is 5.26 Å². The van der Waals surface area contributed by atoms with Crippen LogP contribution in [0, 0.1) is 11.3 Å². The minimum atomic E-state index is -0.436. The number of carbonyl (C=O) groups excluding carboxylic acids is 1. The Kier molecular flexibility index (Phi) is 11.6. The number of halogens is 1. The number of ether oxygens (including phenoxy) is 3. The number of nitriles is 1. The minimum Gasteiger partial charge on any atom is -0.488 e. The summed E-state index contributed by atoms with van der Waals surface area (Å²) in [6.07, 6.45) is 2.67. The number of carbonyl (C=O) groups is 1. The molecule has 33 heavy (non-hydrogen) atoms. The van der Waals surface area contributed by atoms with Gasteiger partial charge in [-0.3, -0.25) is 4.79 Å². The third-order valence-corrected chi connectivity index (χ3v) is 5.09. The third-order valence-electron chi connectivity index (χ3n) is 4.65. The van der Waals surface area contributed by atoms with Crippen molar-refractivity contribution in [2.75, 3.05) is 19.8 Å². The molecule has 1 amide bonds. The Bertz CT molecular complexity index is 951. The lowest BCUT2D eigenvalue weighted by Gasteiger charge is -2.20. The third kappa shape index (κ3) is 8.97. The molecule has 0 saturated heterocycles. The summed E-state index contributed by atoms with van der Waals surface area (Å²) in [4.78, 5) is 17.1. The van der Waals surface area contributed by atoms with E-state index >= 15 is 0 Å². The highest BCUT2D eigenvalue weighted by atomic mass is 79.9. The van der Waals surface area contributed by atoms with Crippen LogP contribution in [0.15, 0.2) is 52.6 Å². The van der Waals surface area contributed by atoms with Crippen LogP contribution in [0.5, 0.6) is 5.75 Å². The highest BCUT2D eigenvalue weighted by molar-refractivity contribution is 9.10. The van der Waals surface area contributed by atoms with Gasteiger partial charge in [0.1, 0.15) is 28.6 Å². The Morgan fingerprint density at radius 3 is 2.42 bits per heavy atom. The molecule has 0 spiro atoms. The maximum absolute atomic E-state index is 12.8. The van der Waals surface area contributed by atoms with Gasteiger partial charge in [-0.25, -0.2) is 4.98 Å². The van der Waals surface area contributed by atoms with Gasteiger partial charge in [0.05, 0.1) is 11.7 Å². The average molecular weight is 516 g/mol. The van der Waals surface area contributed by atoms with Crippen LogP contribution in [0.25, 0.3) is 6.08 Å². The first-order chi connectivity index (χ1) is 16.0. The molecule has 2 aromatic rings. The zero-order chi connectivity index (χ0) is 24.1. The Labute approximate surface area is 203 Å². The smallest absolute Gasteiger partial charge is 0.262 e. The first-order valence-corrected chi connectivity index (χ1v) is 11.8. The molecule has 8 heteroatoms. The van der Waals surface area contributed by atoms with Crippen molar-refractivity contribution in [3.8, 4) is 11.8 Å². The number of nitrogens with zero attached hydrogens (tertiary/aromatic N) is 2. The van der Waals surface area contributed by atoms with E-state index in [0.29, 0.717) is 29.3 Å². The highest BCUT2D eigenvalue weighted by Crippen LogP contribution is 2.23. The van der Waals surface area contributed by atoms with Gasteiger partial charge in [0.25, 0.3) is 5.91 Å². The number of benzene rings is 1. The van der Waals surface area contributed by atoms with Crippen molar-refractivity contribution in [3.63, 3.8) is 0 Å². The van der Waals surface area contributed by atoms with Crippen molar-refractivity contribution >= 4 is 27.9 Å². The van der Waals surface area contributed by atoms with Crippen LogP contribution in [-0.4, -0.2) is 37.0 Å². The lowest BCUT2D eigenvalue weighted by Crippen LogP contribution is -2.29. The fourth-order valence-electron chi connectivity index (χ4n) is 3.12. The lowest BCUT2D eigenvalue weighted by molar-refractivity contribution is -0.152. The van der Waals surface area contributed by atoms with Crippen LogP contribution in [0.1, 0.15) is 50.9 Å². The topological polar surface area (TPSA) is 93.5 Å². The largest absolute Gasteiger partial charge is 0.488 e. The lowest BCUT2D eigenvalue weighted by atomic mass is 10.0. The number of hydrogen-bond acceptors (Lipinski definition) is 6. The number of aromatic nitrogens is 1. The first-order valence-electron chi connectivity index (χ1n) is 11.0. The molecular formula is C25H30BrN3O4. The first kappa shape index (κ1) is 26.5. The van der Waals surface area contributed by atoms with Crippen molar-refractivity contribution < 1.29 is 19.0 Å². The maximum Gasteiger partial charge on any atom is 0.262 e. The zero-order valence-corrected chi connectivity index (χ0v) is 20.8. The molecule has 0 aliphatic heterocycles. The summed E-state index contributed by atoms with van der Waals surface area (Å²) < 4.78 is 17.4. The maximum atomic E-state index is 12.8. The molecule has 0 aliphatic rings. The summed E-state index contributed by atoms with van der Waals surface area (Å²) in [5, 5.41) is 12.5. The van der Waals surface area contributed by atoms with E-state index in [4.69, 9.17) is 14.2 Å². The van der Waals surface area contributed by atoms with Gasteiger partial charge in [0.15, 0.2) is 6.29 Å². The van der Waals surface area contributed by atoms with E-state index < -0.39 is 12.2 Å². The molecule has 1 N–H and O–H groups in total. The van der Waals surface area contributed by atoms with Gasteiger partial charge >= 0.3 is 0 Å². The van der Waals surface area contributed by atoms with Crippen LogP contribution in [0.2, 0.25) is 0 Å². The molecule has 7 nitrogen and oxygen atoms in total. The van der Waals surface area contributed by atoms with E-state index in [1.54, 1.807) is 18.2 Å². The molecule has 2 rings (SSSR count). The number of amides is 1. The van der Waals surface area contributed by atoms with Gasteiger partial charge in [-0.1, -0.05) is 31.5 Å². The summed E-state index contributed by atoms with van der Waals surface area (Å²) in [5.74, 6) is 0.248. The Morgan fingerprint density at radius 2 is 1.85 bits per heavy atom. The Hall–Kier alpha value is -2.73. The molecule has 1 heterocycles. The monoisotopic (exact) mass is 515 g/mol. The van der Waals surface area contributed by atoms with Crippen LogP contribution in [0.4, 0.5) is 0 Å². The summed E-state index contributed by atoms with van der Waals surface area (Å²) in [6, 6.07) is 14.6. The van der Waals surface area contributed by atoms with Crippen molar-refractivity contribution in [2.45, 2.75) is 45.9 Å². The summed E-state index contributed by atoms with van der Waals surface area (Å²) in [7, 11) is 0. The molecule has 0 radical (unpaired) electrons. The van der Waals surface area contributed by atoms with Crippen LogP contribution in [-0.2, 0) is 14.3 Å². The van der Waals surface area contributed by atoms with Gasteiger partial charge in [0.2, 0.25) is 0 Å². The molecule has 1 aromatic heterocycles. The van der Waals surface area contributed by atoms with Crippen molar-refractivity contribution in [3.05, 3.63) is 63.9 Å². The van der Waals surface area contributed by atoms with E-state index in [1.807, 2.05) is 51.1 Å². The molecule has 176 valence electrons. The van der Waals surface area contributed by atoms with E-state index in [1.165, 1.54) is 6.08 Å². The predicted molar refractivity (Wildman–Crippen MR) is 130 cm³/mol. The second-order valence-electron chi connectivity index (χ2n) is 7.09. The van der Waals surface area contributed by atoms with Crippen LogP contribution < -0.4 is 10.1 Å². The fraction of sp³-hybridized carbons (Fsp3) is 0.400. The highest BCUT2D eigenvalue weighted by Gasteiger charge is 2.18. The number of nitrogens with one attached hydrogen (secondary N) is 1. The molecule has 0 saturated carbocycles. The normalized spacial score (nSPS) is 12.3. The van der Waals surface area contributed by atoms with Gasteiger partial charge in [0, 0.05) is 13.2 Å². The summed E-state index contributed by atoms with van der Waals surface area (Å²) in [5.41, 5.74) is 1.46. The number of hydrogen-bond donors (Lipinski definition) is 1. The second kappa shape index (κ2) is 14.4. The van der Waals surface area contributed by atoms with Crippen molar-refractivity contribution in [1.29, 1.82) is 5.26 Å². The quantitative estimate of drug-likeness (QED) is 0.171. The van der Waals surface area contributed by atoms with Crippen LogP contribution in [0.3, 0.4) is 0 Å². The number of pyridine rings is 1. The molecule has 0 bridgehead atoms. The minimum absolute atomic E-state index is 0.000420. The second-order valence-corrected chi connectivity index (χ2v) is 7.90. The Morgan fingerprint density at radius 1 is 1.15 bits per heavy atom. The van der Waals surface area contributed by atoms with E-state index in [9.17, 15) is 10.1 Å². The molecule has 0 fully saturated rings. The van der Waals surface area contributed by atoms with Crippen molar-refractivity contribution in [1.82, 2.24) is 10.3 Å². The molecular weight excluding hydrogens is 486 g/mol. The summed E-state index contributed by atoms with van der Waals surface area (Å²) >= 11 is 3.29. The molecule has 1 atom stereocenters. The van der Waals surface area contributed by atoms with E-state index in [2.05, 4.69) is 26.2 Å². The van der Waals surface area contributed by atoms with Gasteiger partial charge in [-0.05, 0) is 72.1 Å². The molecule has 1 aromatic carbocycles. The molecule has 0 aliphatic carbocycles. The van der Waals surface area contributed by atoms with Crippen molar-refractivity contribution in [2.24, 2.45) is 0 Å². The standard InChI is InChI=1S/C25H30BrN3O4/c1-4-8-22(29-25(30)19(16-27)15-20-9-7-10-23(26)28-20)18-11-13-21(14-12-18)33-17-24(31-5-2)32-6-3/h7,9-15,22,24H,4-6,8,17H2,1-3H3,(H,29,30)/b19-15+. The van der Waals surface area contributed by atoms with Gasteiger partial charge < -0.3 is 19.5 Å². The Balaban J connectivity index is 2.07. The number of rotatable bonds is 13. The average Bonchev–Trinajstić information content (AvgIpc) is 2.81. The van der Waals surface area contributed by atoms with Crippen LogP contribution >= 0.6 is 15.9 Å². The zero-order valence-electron chi connectivity index (χ0n) is 19.2. The van der Waals surface area contributed by atoms with E-state index in [-0.39, 0.29) is 18.2 Å². The fourth-order valence-corrected chi connectivity index (χ4v) is 3.48. The summed E-state index contributed by atoms with van der Waals surface area (Å²) in [6.45, 7) is 7.24. The van der Waals surface area contributed by atoms with Gasteiger partial charge in [-0.15, -0.1) is 0 Å². The van der Waals surface area contributed by atoms with E-state index in [0.717, 1.165) is 18.4 Å².